The maximum absolute atomic E-state index is 6.52. The van der Waals surface area contributed by atoms with Crippen LogP contribution in [-0.4, -0.2) is 42.8 Å². The van der Waals surface area contributed by atoms with Gasteiger partial charge in [0.05, 0.1) is 0 Å². The van der Waals surface area contributed by atoms with Crippen LogP contribution in [0.3, 0.4) is 0 Å². The second-order valence-corrected chi connectivity index (χ2v) is 15.2. The molecule has 1 aromatic rings. The topological polar surface area (TPSA) is 27.7 Å². The third-order valence-corrected chi connectivity index (χ3v) is 12.0. The molecule has 3 nitrogen and oxygen atoms in total. The molecule has 0 aliphatic carbocycles. The molecule has 1 heterocycles. The van der Waals surface area contributed by atoms with Crippen molar-refractivity contribution in [2.24, 2.45) is 5.92 Å². The predicted octanol–water partition coefficient (Wildman–Crippen LogP) is 4.28. The summed E-state index contributed by atoms with van der Waals surface area (Å²) in [6.45, 7) is 15.0. The second-order valence-electron chi connectivity index (χ2n) is 7.96. The Kier molecular flexibility index (Phi) is 7.36. The fourth-order valence-electron chi connectivity index (χ4n) is 2.34. The molecule has 5 heteroatoms. The Hall–Kier alpha value is -0.584. The van der Waals surface area contributed by atoms with Crippen LogP contribution in [0.1, 0.15) is 34.1 Å². The first-order valence-electron chi connectivity index (χ1n) is 9.07. The minimum absolute atomic E-state index is 0.145. The van der Waals surface area contributed by atoms with Crippen LogP contribution in [0.2, 0.25) is 18.1 Å². The molecule has 1 aliphatic heterocycles. The van der Waals surface area contributed by atoms with E-state index in [0.29, 0.717) is 12.5 Å². The minimum atomic E-state index is -1.75. The monoisotopic (exact) mass is 428 g/mol. The van der Waals surface area contributed by atoms with Gasteiger partial charge in [0.25, 0.3) is 0 Å². The van der Waals surface area contributed by atoms with E-state index in [1.165, 1.54) is 8.93 Å². The van der Waals surface area contributed by atoms with Crippen molar-refractivity contribution >= 4 is 27.7 Å². The van der Waals surface area contributed by atoms with Crippen molar-refractivity contribution < 1.29 is 13.9 Å². The van der Waals surface area contributed by atoms with E-state index in [1.54, 1.807) is 0 Å². The molecule has 25 heavy (non-hydrogen) atoms. The summed E-state index contributed by atoms with van der Waals surface area (Å²) in [4.78, 5) is 0. The first-order chi connectivity index (χ1) is 11.7. The zero-order valence-corrected chi connectivity index (χ0v) is 19.1. The molecule has 0 radical (unpaired) electrons. The summed E-state index contributed by atoms with van der Waals surface area (Å²) < 4.78 is 20.8. The van der Waals surface area contributed by atoms with E-state index in [1.807, 2.05) is 13.2 Å². The Balaban J connectivity index is 2.09. The Labute approximate surface area is 160 Å². The van der Waals surface area contributed by atoms with Gasteiger partial charge in [-0.2, -0.15) is 0 Å². The zero-order chi connectivity index (χ0) is 18.5. The molecule has 0 saturated heterocycles. The van der Waals surface area contributed by atoms with Crippen molar-refractivity contribution in [3.63, 3.8) is 0 Å². The summed E-state index contributed by atoms with van der Waals surface area (Å²) in [5, 5.41) is 0.228. The molecule has 2 rings (SSSR count). The number of ether oxygens (including phenoxy) is 2. The van der Waals surface area contributed by atoms with Gasteiger partial charge in [0.2, 0.25) is 0 Å². The number of hydrogen-bond donors (Lipinski definition) is 0. The summed E-state index contributed by atoms with van der Waals surface area (Å²) in [6.07, 6.45) is 2.67. The van der Waals surface area contributed by atoms with Gasteiger partial charge in [-0.15, -0.1) is 0 Å². The van der Waals surface area contributed by atoms with Gasteiger partial charge in [0, 0.05) is 0 Å². The Morgan fingerprint density at radius 3 is 2.48 bits per heavy atom. The van der Waals surface area contributed by atoms with E-state index >= 15 is 0 Å². The molecule has 0 spiro atoms. The molecule has 1 aromatic carbocycles. The van der Waals surface area contributed by atoms with Gasteiger partial charge in [0.1, 0.15) is 0 Å². The normalized spacial score (nSPS) is 21.6. The number of hydrogen-bond acceptors (Lipinski definition) is 3. The molecule has 140 valence electrons. The average Bonchev–Trinajstić information content (AvgIpc) is 2.55. The Morgan fingerprint density at radius 1 is 1.20 bits per heavy atom. The van der Waals surface area contributed by atoms with Crippen molar-refractivity contribution in [2.75, 3.05) is 13.2 Å². The van der Waals surface area contributed by atoms with E-state index < -0.39 is 8.32 Å². The van der Waals surface area contributed by atoms with Gasteiger partial charge in [-0.05, 0) is 0 Å². The van der Waals surface area contributed by atoms with Crippen molar-refractivity contribution in [2.45, 2.75) is 58.5 Å². The molecule has 2 atom stereocenters. The first-order valence-corrected chi connectivity index (χ1v) is 13.7. The standard InChI is InChI=1S/C20H32O3SeSi/c1-7-21-19-13-16(14-23-25(5,6)20(2,3)4)18(15-22-19)24-17-11-9-8-10-12-17/h8-12,15-16,19H,7,13-14H2,1-6H3/t16-,19+/m0/s1. The molecule has 0 unspecified atom stereocenters. The molecule has 0 amide bonds. The van der Waals surface area contributed by atoms with Crippen LogP contribution in [0.5, 0.6) is 0 Å². The second kappa shape index (κ2) is 8.87. The van der Waals surface area contributed by atoms with Crippen LogP contribution in [0, 0.1) is 5.92 Å². The maximum atomic E-state index is 6.52. The van der Waals surface area contributed by atoms with E-state index in [-0.39, 0.29) is 26.3 Å². The average molecular weight is 428 g/mol. The van der Waals surface area contributed by atoms with Crippen LogP contribution in [0.4, 0.5) is 0 Å². The van der Waals surface area contributed by atoms with Gasteiger partial charge >= 0.3 is 160 Å². The molecule has 0 saturated carbocycles. The van der Waals surface area contributed by atoms with E-state index in [0.717, 1.165) is 13.0 Å². The third-order valence-electron chi connectivity index (χ3n) is 5.00. The van der Waals surface area contributed by atoms with Gasteiger partial charge in [-0.1, -0.05) is 0 Å². The molecule has 0 fully saturated rings. The third kappa shape index (κ3) is 5.97. The van der Waals surface area contributed by atoms with Gasteiger partial charge in [-0.3, -0.25) is 0 Å². The van der Waals surface area contributed by atoms with Crippen LogP contribution in [-0.2, 0) is 13.9 Å². The summed E-state index contributed by atoms with van der Waals surface area (Å²) >= 11 is 0.264. The fourth-order valence-corrected chi connectivity index (χ4v) is 5.49. The van der Waals surface area contributed by atoms with Crippen molar-refractivity contribution in [1.82, 2.24) is 0 Å². The summed E-state index contributed by atoms with van der Waals surface area (Å²) in [7, 11) is -1.75. The molecular formula is C20H32O3SeSi. The van der Waals surface area contributed by atoms with Crippen molar-refractivity contribution in [3.05, 3.63) is 41.1 Å². The van der Waals surface area contributed by atoms with Crippen molar-refractivity contribution in [3.8, 4) is 0 Å². The summed E-state index contributed by atoms with van der Waals surface area (Å²) in [6, 6.07) is 10.7. The van der Waals surface area contributed by atoms with Crippen LogP contribution in [0.15, 0.2) is 41.1 Å². The van der Waals surface area contributed by atoms with Gasteiger partial charge in [-0.25, -0.2) is 0 Å². The first kappa shape index (κ1) is 20.7. The SMILES string of the molecule is CCO[C@H]1C[C@@H](CO[Si](C)(C)C(C)(C)C)C([Se]c2ccccc2)=CO1. The summed E-state index contributed by atoms with van der Waals surface area (Å²) in [5.74, 6) is 0.375. The Bertz CT molecular complexity index is 566. The molecular weight excluding hydrogens is 395 g/mol. The quantitative estimate of drug-likeness (QED) is 0.608. The van der Waals surface area contributed by atoms with Crippen molar-refractivity contribution in [1.29, 1.82) is 0 Å². The fraction of sp³-hybridized carbons (Fsp3) is 0.600. The van der Waals surface area contributed by atoms with Gasteiger partial charge < -0.3 is 0 Å². The number of benzene rings is 1. The zero-order valence-electron chi connectivity index (χ0n) is 16.4. The Morgan fingerprint density at radius 2 is 1.88 bits per heavy atom. The van der Waals surface area contributed by atoms with E-state index in [9.17, 15) is 0 Å². The van der Waals surface area contributed by atoms with E-state index in [4.69, 9.17) is 13.9 Å². The molecule has 1 aliphatic rings. The molecule has 0 bridgehead atoms. The predicted molar refractivity (Wildman–Crippen MR) is 108 cm³/mol. The van der Waals surface area contributed by atoms with E-state index in [2.05, 4.69) is 64.2 Å². The van der Waals surface area contributed by atoms with Crippen LogP contribution in [0.25, 0.3) is 0 Å². The van der Waals surface area contributed by atoms with Crippen LogP contribution < -0.4 is 4.46 Å². The molecule has 0 N–H and O–H groups in total. The summed E-state index contributed by atoms with van der Waals surface area (Å²) in [5.41, 5.74) is 0. The molecule has 0 aromatic heterocycles. The number of rotatable bonds is 7. The van der Waals surface area contributed by atoms with Gasteiger partial charge in [0.15, 0.2) is 0 Å². The van der Waals surface area contributed by atoms with Crippen LogP contribution >= 0.6 is 0 Å².